The second-order valence-electron chi connectivity index (χ2n) is 8.36. The van der Waals surface area contributed by atoms with Gasteiger partial charge in [0.1, 0.15) is 11.5 Å². The highest BCUT2D eigenvalue weighted by Gasteiger charge is 2.38. The molecule has 1 atom stereocenters. The van der Waals surface area contributed by atoms with Crippen LogP contribution >= 0.6 is 11.6 Å². The number of carbonyl (C=O) groups excluding carboxylic acids is 2. The molecular weight excluding hydrogens is 439 g/mol. The van der Waals surface area contributed by atoms with E-state index in [-0.39, 0.29) is 36.0 Å². The highest BCUT2D eigenvalue weighted by atomic mass is 35.5. The second-order valence-corrected chi connectivity index (χ2v) is 8.77. The van der Waals surface area contributed by atoms with E-state index in [1.165, 1.54) is 23.2 Å². The van der Waals surface area contributed by atoms with Crippen molar-refractivity contribution in [2.24, 2.45) is 11.0 Å². The smallest absolute Gasteiger partial charge is 0.322 e. The number of carbonyl (C=O) groups is 2. The number of hydrogen-bond donors (Lipinski definition) is 2. The zero-order valence-electron chi connectivity index (χ0n) is 17.4. The Balaban J connectivity index is 1.38. The molecule has 168 valence electrons. The van der Waals surface area contributed by atoms with Crippen LogP contribution in [0.3, 0.4) is 0 Å². The van der Waals surface area contributed by atoms with Gasteiger partial charge in [-0.25, -0.2) is 14.2 Å². The number of amides is 3. The summed E-state index contributed by atoms with van der Waals surface area (Å²) in [4.78, 5) is 27.4. The van der Waals surface area contributed by atoms with Crippen molar-refractivity contribution in [3.8, 4) is 0 Å². The maximum Gasteiger partial charge on any atom is 0.322 e. The van der Waals surface area contributed by atoms with Gasteiger partial charge in [-0.3, -0.25) is 9.48 Å². The Morgan fingerprint density at radius 3 is 2.84 bits per heavy atom. The van der Waals surface area contributed by atoms with Crippen LogP contribution in [-0.2, 0) is 19.5 Å². The number of rotatable bonds is 3. The van der Waals surface area contributed by atoms with Crippen LogP contribution in [0.25, 0.3) is 0 Å². The summed E-state index contributed by atoms with van der Waals surface area (Å²) in [5.74, 6) is -0.710. The van der Waals surface area contributed by atoms with Gasteiger partial charge in [-0.2, -0.15) is 10.2 Å². The van der Waals surface area contributed by atoms with Crippen LogP contribution in [0.15, 0.2) is 23.3 Å². The van der Waals surface area contributed by atoms with Crippen LogP contribution < -0.4 is 5.32 Å². The van der Waals surface area contributed by atoms with E-state index in [2.05, 4.69) is 15.5 Å². The summed E-state index contributed by atoms with van der Waals surface area (Å²) in [6.07, 6.45) is 1.69. The van der Waals surface area contributed by atoms with Gasteiger partial charge in [0.15, 0.2) is 0 Å². The van der Waals surface area contributed by atoms with E-state index in [1.807, 2.05) is 0 Å². The first kappa shape index (κ1) is 20.9. The molecule has 9 nitrogen and oxygen atoms in total. The van der Waals surface area contributed by atoms with Crippen LogP contribution in [0.1, 0.15) is 34.6 Å². The van der Waals surface area contributed by atoms with Gasteiger partial charge in [0.25, 0.3) is 5.91 Å². The van der Waals surface area contributed by atoms with Gasteiger partial charge in [-0.05, 0) is 37.0 Å². The molecule has 0 spiro atoms. The molecule has 3 aliphatic rings. The number of urea groups is 1. The Bertz CT molecular complexity index is 1140. The molecule has 0 radical (unpaired) electrons. The van der Waals surface area contributed by atoms with Crippen molar-refractivity contribution >= 4 is 34.9 Å². The molecule has 1 saturated carbocycles. The van der Waals surface area contributed by atoms with E-state index in [0.29, 0.717) is 35.6 Å². The fourth-order valence-corrected chi connectivity index (χ4v) is 4.32. The summed E-state index contributed by atoms with van der Waals surface area (Å²) in [6.45, 7) is 0.849. The second kappa shape index (κ2) is 7.86. The van der Waals surface area contributed by atoms with E-state index < -0.39 is 11.9 Å². The van der Waals surface area contributed by atoms with Crippen molar-refractivity contribution in [3.63, 3.8) is 0 Å². The van der Waals surface area contributed by atoms with Crippen LogP contribution in [0.4, 0.5) is 14.9 Å². The van der Waals surface area contributed by atoms with Crippen molar-refractivity contribution in [1.29, 1.82) is 0 Å². The van der Waals surface area contributed by atoms with E-state index in [1.54, 1.807) is 16.6 Å². The molecule has 3 amide bonds. The van der Waals surface area contributed by atoms with Crippen molar-refractivity contribution in [3.05, 3.63) is 46.0 Å². The number of anilines is 1. The SMILES string of the molecule is CN1N=C(C(O)C2CC2)Cn2nc3c(c2C1=O)CN(C(=O)Nc1ccc(F)c(Cl)c1)CC3. The molecule has 1 aromatic heterocycles. The monoisotopic (exact) mass is 460 g/mol. The van der Waals surface area contributed by atoms with Gasteiger partial charge in [0, 0.05) is 31.3 Å². The molecule has 1 unspecified atom stereocenters. The number of nitrogens with one attached hydrogen (secondary N) is 1. The molecule has 32 heavy (non-hydrogen) atoms. The molecule has 0 saturated heterocycles. The Labute approximate surface area is 188 Å². The van der Waals surface area contributed by atoms with E-state index in [4.69, 9.17) is 11.6 Å². The summed E-state index contributed by atoms with van der Waals surface area (Å²) < 4.78 is 15.0. The number of nitrogens with zero attached hydrogens (tertiary/aromatic N) is 5. The minimum Gasteiger partial charge on any atom is -0.387 e. The van der Waals surface area contributed by atoms with E-state index in [0.717, 1.165) is 18.5 Å². The minimum absolute atomic E-state index is 0.0801. The fraction of sp³-hybridized carbons (Fsp3) is 0.429. The third-order valence-corrected chi connectivity index (χ3v) is 6.35. The molecule has 3 heterocycles. The Hall–Kier alpha value is -2.98. The summed E-state index contributed by atoms with van der Waals surface area (Å²) in [5, 5.41) is 23.4. The Morgan fingerprint density at radius 1 is 1.34 bits per heavy atom. The van der Waals surface area contributed by atoms with Crippen molar-refractivity contribution in [2.75, 3.05) is 18.9 Å². The number of halogens is 2. The van der Waals surface area contributed by atoms with E-state index >= 15 is 0 Å². The highest BCUT2D eigenvalue weighted by molar-refractivity contribution is 6.31. The lowest BCUT2D eigenvalue weighted by molar-refractivity contribution is 0.0789. The molecule has 1 aliphatic carbocycles. The summed E-state index contributed by atoms with van der Waals surface area (Å²) >= 11 is 5.80. The van der Waals surface area contributed by atoms with Crippen molar-refractivity contribution < 1.29 is 19.1 Å². The standard InChI is InChI=1S/C21H22ClFN6O3/c1-27-20(31)18-13-9-28(21(32)24-12-4-5-15(23)14(22)8-12)7-6-16(13)26-29(18)10-17(25-27)19(30)11-2-3-11/h4-5,8,11,19,30H,2-3,6-7,9-10H2,1H3,(H,24,32). The zero-order chi connectivity index (χ0) is 22.6. The normalized spacial score (nSPS) is 19.1. The third-order valence-electron chi connectivity index (χ3n) is 6.06. The van der Waals surface area contributed by atoms with Crippen LogP contribution in [0, 0.1) is 11.7 Å². The molecule has 2 aromatic rings. The van der Waals surface area contributed by atoms with Gasteiger partial charge in [0.2, 0.25) is 0 Å². The van der Waals surface area contributed by atoms with Crippen molar-refractivity contribution in [2.45, 2.75) is 38.5 Å². The van der Waals surface area contributed by atoms with Crippen molar-refractivity contribution in [1.82, 2.24) is 19.7 Å². The van der Waals surface area contributed by atoms with Gasteiger partial charge >= 0.3 is 6.03 Å². The zero-order valence-corrected chi connectivity index (χ0v) is 18.1. The molecule has 2 aliphatic heterocycles. The average molecular weight is 461 g/mol. The molecule has 5 rings (SSSR count). The number of benzene rings is 1. The maximum absolute atomic E-state index is 13.4. The quantitative estimate of drug-likeness (QED) is 0.734. The van der Waals surface area contributed by atoms with Crippen LogP contribution in [-0.4, -0.2) is 62.1 Å². The average Bonchev–Trinajstić information content (AvgIpc) is 3.56. The number of aliphatic hydroxyl groups is 1. The van der Waals surface area contributed by atoms with Gasteiger partial charge in [0.05, 0.1) is 35.6 Å². The number of hydrazone groups is 1. The number of hydrogen-bond acceptors (Lipinski definition) is 5. The number of aromatic nitrogens is 2. The first-order valence-corrected chi connectivity index (χ1v) is 10.8. The third kappa shape index (κ3) is 3.73. The maximum atomic E-state index is 13.4. The van der Waals surface area contributed by atoms with Gasteiger partial charge in [-0.1, -0.05) is 11.6 Å². The fourth-order valence-electron chi connectivity index (χ4n) is 4.14. The van der Waals surface area contributed by atoms with Gasteiger partial charge in [-0.15, -0.1) is 0 Å². The largest absolute Gasteiger partial charge is 0.387 e. The Kier molecular flexibility index (Phi) is 5.13. The molecule has 1 aromatic carbocycles. The predicted octanol–water partition coefficient (Wildman–Crippen LogP) is 2.48. The summed E-state index contributed by atoms with van der Waals surface area (Å²) in [6, 6.07) is 3.59. The van der Waals surface area contributed by atoms with E-state index in [9.17, 15) is 19.1 Å². The molecule has 0 bridgehead atoms. The first-order valence-electron chi connectivity index (χ1n) is 10.4. The Morgan fingerprint density at radius 2 is 2.12 bits per heavy atom. The lowest BCUT2D eigenvalue weighted by Crippen LogP contribution is -2.39. The minimum atomic E-state index is -0.692. The number of fused-ring (bicyclic) bond motifs is 3. The van der Waals surface area contributed by atoms with Crippen LogP contribution in [0.2, 0.25) is 5.02 Å². The molecule has 11 heteroatoms. The molecular formula is C21H22ClFN6O3. The topological polar surface area (TPSA) is 103 Å². The molecule has 1 fully saturated rings. The number of aliphatic hydroxyl groups excluding tert-OH is 1. The summed E-state index contributed by atoms with van der Waals surface area (Å²) in [7, 11) is 1.56. The highest BCUT2D eigenvalue weighted by Crippen LogP contribution is 2.34. The first-order chi connectivity index (χ1) is 15.3. The lowest BCUT2D eigenvalue weighted by atomic mass is 10.0. The summed E-state index contributed by atoms with van der Waals surface area (Å²) in [5.41, 5.74) is 2.72. The molecule has 2 N–H and O–H groups in total. The van der Waals surface area contributed by atoms with Gasteiger partial charge < -0.3 is 15.3 Å². The lowest BCUT2D eigenvalue weighted by Gasteiger charge is -2.27. The van der Waals surface area contributed by atoms with Crippen LogP contribution in [0.5, 0.6) is 0 Å². The predicted molar refractivity (Wildman–Crippen MR) is 115 cm³/mol.